The summed E-state index contributed by atoms with van der Waals surface area (Å²) in [6.45, 7) is 4.20. The molecule has 1 aliphatic heterocycles. The van der Waals surface area contributed by atoms with Crippen molar-refractivity contribution in [1.29, 1.82) is 0 Å². The van der Waals surface area contributed by atoms with Gasteiger partial charge in [-0.15, -0.1) is 11.3 Å². The summed E-state index contributed by atoms with van der Waals surface area (Å²) >= 11 is 1.77. The Hall–Kier alpha value is -2.06. The second kappa shape index (κ2) is 8.53. The van der Waals surface area contributed by atoms with E-state index in [1.54, 1.807) is 17.7 Å². The minimum absolute atomic E-state index is 0.0140. The van der Waals surface area contributed by atoms with Crippen molar-refractivity contribution in [2.45, 2.75) is 19.0 Å². The number of thiophene rings is 1. The Bertz CT molecular complexity index is 927. The maximum absolute atomic E-state index is 9.93. The van der Waals surface area contributed by atoms with Crippen LogP contribution in [0, 0.1) is 0 Å². The highest BCUT2D eigenvalue weighted by Crippen LogP contribution is 2.38. The van der Waals surface area contributed by atoms with E-state index in [2.05, 4.69) is 39.2 Å². The van der Waals surface area contributed by atoms with Gasteiger partial charge >= 0.3 is 0 Å². The number of rotatable bonds is 7. The van der Waals surface area contributed by atoms with Gasteiger partial charge in [-0.2, -0.15) is 0 Å². The van der Waals surface area contributed by atoms with Gasteiger partial charge in [0.25, 0.3) is 0 Å². The van der Waals surface area contributed by atoms with Gasteiger partial charge in [0.1, 0.15) is 17.0 Å². The lowest BCUT2D eigenvalue weighted by Gasteiger charge is -2.28. The number of aliphatic hydroxyl groups excluding tert-OH is 1. The van der Waals surface area contributed by atoms with E-state index in [4.69, 9.17) is 0 Å². The summed E-state index contributed by atoms with van der Waals surface area (Å²) in [6, 6.07) is 9.83. The average molecular weight is 398 g/mol. The third-order valence-corrected chi connectivity index (χ3v) is 6.40. The first-order chi connectivity index (χ1) is 13.7. The molecule has 3 aromatic rings. The summed E-state index contributed by atoms with van der Waals surface area (Å²) in [6.07, 6.45) is 2.63. The molecule has 0 radical (unpaired) electrons. The van der Waals surface area contributed by atoms with Crippen LogP contribution in [0.15, 0.2) is 36.7 Å². The minimum atomic E-state index is -0.185. The number of anilines is 1. The van der Waals surface area contributed by atoms with Crippen LogP contribution in [0.2, 0.25) is 0 Å². The number of likely N-dealkylation sites (N-methyl/N-ethyl adjacent to an activating group) is 1. The summed E-state index contributed by atoms with van der Waals surface area (Å²) in [5.41, 5.74) is 2.42. The maximum atomic E-state index is 9.93. The van der Waals surface area contributed by atoms with E-state index in [1.807, 2.05) is 30.3 Å². The molecule has 0 fully saturated rings. The molecule has 148 valence electrons. The van der Waals surface area contributed by atoms with Crippen molar-refractivity contribution in [3.8, 4) is 0 Å². The highest BCUT2D eigenvalue weighted by molar-refractivity contribution is 7.18. The normalized spacial score (nSPS) is 15.7. The molecule has 4 rings (SSSR count). The molecular formula is C21H27N5OS. The lowest BCUT2D eigenvalue weighted by Crippen LogP contribution is -2.35. The first-order valence-electron chi connectivity index (χ1n) is 9.70. The second-order valence-corrected chi connectivity index (χ2v) is 8.61. The fraction of sp³-hybridized carbons (Fsp3) is 0.429. The number of hydrogen-bond acceptors (Lipinski definition) is 7. The Balaban J connectivity index is 1.61. The molecule has 0 bridgehead atoms. The van der Waals surface area contributed by atoms with Gasteiger partial charge in [0.15, 0.2) is 0 Å². The van der Waals surface area contributed by atoms with Gasteiger partial charge in [-0.25, -0.2) is 9.97 Å². The SMILES string of the molecule is CN(C)CCN1CCc2c(sc3ncnc(N[C@H](CO)c4ccccc4)c23)C1. The number of hydrogen-bond donors (Lipinski definition) is 2. The quantitative estimate of drug-likeness (QED) is 0.639. The molecule has 0 saturated carbocycles. The van der Waals surface area contributed by atoms with E-state index in [0.717, 1.165) is 54.2 Å². The predicted octanol–water partition coefficient (Wildman–Crippen LogP) is 2.76. The van der Waals surface area contributed by atoms with Gasteiger partial charge in [0.05, 0.1) is 18.0 Å². The molecule has 7 heteroatoms. The molecule has 2 N–H and O–H groups in total. The van der Waals surface area contributed by atoms with Crippen molar-refractivity contribution >= 4 is 27.4 Å². The van der Waals surface area contributed by atoms with Crippen LogP contribution in [0.1, 0.15) is 22.0 Å². The van der Waals surface area contributed by atoms with E-state index in [9.17, 15) is 5.11 Å². The average Bonchev–Trinajstić information content (AvgIpc) is 3.09. The summed E-state index contributed by atoms with van der Waals surface area (Å²) in [7, 11) is 4.24. The van der Waals surface area contributed by atoms with E-state index < -0.39 is 0 Å². The molecule has 2 aromatic heterocycles. The highest BCUT2D eigenvalue weighted by atomic mass is 32.1. The number of aliphatic hydroxyl groups is 1. The zero-order chi connectivity index (χ0) is 19.5. The number of aromatic nitrogens is 2. The van der Waals surface area contributed by atoms with Crippen LogP contribution in [-0.2, 0) is 13.0 Å². The van der Waals surface area contributed by atoms with Crippen molar-refractivity contribution in [3.05, 3.63) is 52.7 Å². The van der Waals surface area contributed by atoms with Crippen molar-refractivity contribution in [2.24, 2.45) is 0 Å². The van der Waals surface area contributed by atoms with Crippen LogP contribution < -0.4 is 5.32 Å². The molecular weight excluding hydrogens is 370 g/mol. The molecule has 6 nitrogen and oxygen atoms in total. The molecule has 0 aliphatic carbocycles. The van der Waals surface area contributed by atoms with Crippen LogP contribution in [0.4, 0.5) is 5.82 Å². The standard InChI is InChI=1S/C21H27N5OS/c1-25(2)10-11-26-9-8-16-18(12-26)28-21-19(16)20(22-14-23-21)24-17(13-27)15-6-4-3-5-7-15/h3-7,14,17,27H,8-13H2,1-2H3,(H,22,23,24)/t17-/m1/s1. The molecule has 28 heavy (non-hydrogen) atoms. The van der Waals surface area contributed by atoms with E-state index in [1.165, 1.54) is 10.4 Å². The predicted molar refractivity (Wildman–Crippen MR) is 115 cm³/mol. The molecule has 0 spiro atoms. The summed E-state index contributed by atoms with van der Waals surface area (Å²) in [5.74, 6) is 0.826. The molecule has 0 unspecified atom stereocenters. The third-order valence-electron chi connectivity index (χ3n) is 5.27. The number of benzene rings is 1. The van der Waals surface area contributed by atoms with Gasteiger partial charge < -0.3 is 15.3 Å². The monoisotopic (exact) mass is 397 g/mol. The molecule has 0 amide bonds. The van der Waals surface area contributed by atoms with Gasteiger partial charge in [-0.1, -0.05) is 30.3 Å². The summed E-state index contributed by atoms with van der Waals surface area (Å²) < 4.78 is 0. The zero-order valence-corrected chi connectivity index (χ0v) is 17.2. The van der Waals surface area contributed by atoms with Crippen molar-refractivity contribution in [2.75, 3.05) is 45.7 Å². The smallest absolute Gasteiger partial charge is 0.139 e. The van der Waals surface area contributed by atoms with Crippen LogP contribution in [-0.4, -0.2) is 65.2 Å². The number of nitrogens with one attached hydrogen (secondary N) is 1. The van der Waals surface area contributed by atoms with Gasteiger partial charge in [-0.3, -0.25) is 4.90 Å². The fourth-order valence-corrected chi connectivity index (χ4v) is 4.94. The summed E-state index contributed by atoms with van der Waals surface area (Å²) in [5, 5.41) is 14.5. The molecule has 1 aliphatic rings. The lowest BCUT2D eigenvalue weighted by molar-refractivity contribution is 0.228. The third kappa shape index (κ3) is 4.03. The molecule has 1 atom stereocenters. The topological polar surface area (TPSA) is 64.5 Å². The van der Waals surface area contributed by atoms with Crippen LogP contribution in [0.3, 0.4) is 0 Å². The Morgan fingerprint density at radius 3 is 2.82 bits per heavy atom. The largest absolute Gasteiger partial charge is 0.394 e. The first-order valence-corrected chi connectivity index (χ1v) is 10.5. The lowest BCUT2D eigenvalue weighted by atomic mass is 10.0. The maximum Gasteiger partial charge on any atom is 0.139 e. The van der Waals surface area contributed by atoms with E-state index in [0.29, 0.717) is 0 Å². The molecule has 1 aromatic carbocycles. The Morgan fingerprint density at radius 2 is 2.07 bits per heavy atom. The molecule has 3 heterocycles. The Morgan fingerprint density at radius 1 is 1.25 bits per heavy atom. The van der Waals surface area contributed by atoms with Gasteiger partial charge in [-0.05, 0) is 31.6 Å². The van der Waals surface area contributed by atoms with E-state index >= 15 is 0 Å². The Labute approximate surface area is 169 Å². The number of fused-ring (bicyclic) bond motifs is 3. The van der Waals surface area contributed by atoms with Crippen LogP contribution >= 0.6 is 11.3 Å². The van der Waals surface area contributed by atoms with Crippen molar-refractivity contribution in [3.63, 3.8) is 0 Å². The Kier molecular flexibility index (Phi) is 5.87. The summed E-state index contributed by atoms with van der Waals surface area (Å²) in [4.78, 5) is 16.2. The van der Waals surface area contributed by atoms with Crippen molar-refractivity contribution < 1.29 is 5.11 Å². The second-order valence-electron chi connectivity index (χ2n) is 7.53. The zero-order valence-electron chi connectivity index (χ0n) is 16.4. The number of nitrogens with zero attached hydrogens (tertiary/aromatic N) is 4. The van der Waals surface area contributed by atoms with Gasteiger partial charge in [0, 0.05) is 31.1 Å². The molecule has 0 saturated heterocycles. The first kappa shape index (κ1) is 19.3. The van der Waals surface area contributed by atoms with Crippen molar-refractivity contribution in [1.82, 2.24) is 19.8 Å². The minimum Gasteiger partial charge on any atom is -0.394 e. The van der Waals surface area contributed by atoms with Crippen LogP contribution in [0.25, 0.3) is 10.2 Å². The fourth-order valence-electron chi connectivity index (χ4n) is 3.71. The van der Waals surface area contributed by atoms with E-state index in [-0.39, 0.29) is 12.6 Å². The highest BCUT2D eigenvalue weighted by Gasteiger charge is 2.24. The van der Waals surface area contributed by atoms with Gasteiger partial charge in [0.2, 0.25) is 0 Å². The van der Waals surface area contributed by atoms with Crippen LogP contribution in [0.5, 0.6) is 0 Å².